The highest BCUT2D eigenvalue weighted by molar-refractivity contribution is 5.95. The number of amides is 1. The van der Waals surface area contributed by atoms with E-state index >= 15 is 0 Å². The second-order valence-electron chi connectivity index (χ2n) is 6.33. The van der Waals surface area contributed by atoms with E-state index in [-0.39, 0.29) is 12.5 Å². The van der Waals surface area contributed by atoms with Gasteiger partial charge in [-0.25, -0.2) is 0 Å². The molecule has 1 fully saturated rings. The monoisotopic (exact) mass is 288 g/mol. The predicted molar refractivity (Wildman–Crippen MR) is 83.5 cm³/mol. The summed E-state index contributed by atoms with van der Waals surface area (Å²) in [6.07, 6.45) is 6.71. The van der Waals surface area contributed by atoms with Crippen molar-refractivity contribution in [2.45, 2.75) is 45.6 Å². The molecule has 0 atom stereocenters. The fourth-order valence-corrected chi connectivity index (χ4v) is 3.49. The van der Waals surface area contributed by atoms with E-state index < -0.39 is 0 Å². The van der Waals surface area contributed by atoms with Gasteiger partial charge in [0, 0.05) is 13.1 Å². The molecule has 21 heavy (non-hydrogen) atoms. The number of rotatable bonds is 5. The van der Waals surface area contributed by atoms with Gasteiger partial charge in [-0.1, -0.05) is 25.8 Å². The van der Waals surface area contributed by atoms with Gasteiger partial charge in [-0.15, -0.1) is 0 Å². The topological polar surface area (TPSA) is 50.4 Å². The second kappa shape index (κ2) is 6.06. The molecule has 0 bridgehead atoms. The third kappa shape index (κ3) is 3.21. The van der Waals surface area contributed by atoms with Gasteiger partial charge in [-0.3, -0.25) is 4.79 Å². The van der Waals surface area contributed by atoms with E-state index in [4.69, 9.17) is 4.74 Å². The first-order valence-electron chi connectivity index (χ1n) is 7.97. The number of ether oxygens (including phenoxy) is 1. The zero-order valence-electron chi connectivity index (χ0n) is 12.7. The second-order valence-corrected chi connectivity index (χ2v) is 6.33. The van der Waals surface area contributed by atoms with Gasteiger partial charge < -0.3 is 15.4 Å². The van der Waals surface area contributed by atoms with Crippen molar-refractivity contribution < 1.29 is 9.53 Å². The molecule has 1 aromatic rings. The molecule has 1 heterocycles. The van der Waals surface area contributed by atoms with Crippen molar-refractivity contribution in [3.8, 4) is 5.75 Å². The minimum absolute atomic E-state index is 0.0801. The lowest BCUT2D eigenvalue weighted by atomic mass is 9.83. The lowest BCUT2D eigenvalue weighted by Crippen LogP contribution is -2.31. The van der Waals surface area contributed by atoms with E-state index in [1.807, 2.05) is 12.1 Å². The molecular formula is C17H24N2O2. The van der Waals surface area contributed by atoms with E-state index in [0.29, 0.717) is 5.41 Å². The molecule has 4 heteroatoms. The third-order valence-electron chi connectivity index (χ3n) is 4.92. The number of anilines is 1. The molecule has 0 radical (unpaired) electrons. The van der Waals surface area contributed by atoms with Crippen LogP contribution < -0.4 is 15.4 Å². The van der Waals surface area contributed by atoms with Crippen molar-refractivity contribution in [3.63, 3.8) is 0 Å². The Balaban J connectivity index is 1.58. The average Bonchev–Trinajstić information content (AvgIpc) is 2.96. The Labute approximate surface area is 126 Å². The Kier molecular flexibility index (Phi) is 4.15. The fraction of sp³-hybridized carbons (Fsp3) is 0.588. The number of benzene rings is 1. The van der Waals surface area contributed by atoms with Crippen LogP contribution in [0.1, 0.15) is 44.6 Å². The summed E-state index contributed by atoms with van der Waals surface area (Å²) in [6, 6.07) is 6.01. The summed E-state index contributed by atoms with van der Waals surface area (Å²) >= 11 is 0. The zero-order chi connectivity index (χ0) is 14.7. The molecule has 2 N–H and O–H groups in total. The first-order chi connectivity index (χ1) is 10.2. The Morgan fingerprint density at radius 3 is 2.90 bits per heavy atom. The van der Waals surface area contributed by atoms with Gasteiger partial charge in [-0.05, 0) is 42.4 Å². The van der Waals surface area contributed by atoms with Gasteiger partial charge in [0.15, 0.2) is 6.61 Å². The zero-order valence-corrected chi connectivity index (χ0v) is 12.7. The van der Waals surface area contributed by atoms with Crippen LogP contribution in [0.2, 0.25) is 0 Å². The van der Waals surface area contributed by atoms with Crippen LogP contribution in [0.15, 0.2) is 18.2 Å². The molecule has 0 aromatic heterocycles. The normalized spacial score (nSPS) is 19.8. The van der Waals surface area contributed by atoms with Crippen LogP contribution in [0.5, 0.6) is 5.75 Å². The summed E-state index contributed by atoms with van der Waals surface area (Å²) in [5, 5.41) is 6.46. The van der Waals surface area contributed by atoms with Gasteiger partial charge in [0.2, 0.25) is 0 Å². The molecule has 2 aliphatic rings. The highest BCUT2D eigenvalue weighted by Gasteiger charge is 2.31. The summed E-state index contributed by atoms with van der Waals surface area (Å²) in [4.78, 5) is 11.4. The number of hydrogen-bond acceptors (Lipinski definition) is 3. The molecule has 0 unspecified atom stereocenters. The Morgan fingerprint density at radius 2 is 2.14 bits per heavy atom. The van der Waals surface area contributed by atoms with Crippen LogP contribution >= 0.6 is 0 Å². The minimum atomic E-state index is -0.0801. The lowest BCUT2D eigenvalue weighted by Gasteiger charge is -2.28. The quantitative estimate of drug-likeness (QED) is 0.875. The largest absolute Gasteiger partial charge is 0.482 e. The molecule has 4 nitrogen and oxygen atoms in total. The van der Waals surface area contributed by atoms with E-state index in [1.54, 1.807) is 0 Å². The molecule has 1 aliphatic carbocycles. The van der Waals surface area contributed by atoms with E-state index in [1.165, 1.54) is 37.7 Å². The van der Waals surface area contributed by atoms with E-state index in [9.17, 15) is 4.79 Å². The van der Waals surface area contributed by atoms with Crippen LogP contribution in [0.4, 0.5) is 5.69 Å². The Hall–Kier alpha value is -1.55. The number of carbonyl (C=O) groups excluding carboxylic acids is 1. The standard InChI is InChI=1S/C17H24N2O2/c1-2-17(7-3-4-8-17)12-18-10-13-5-6-15-14(9-13)19-16(20)11-21-15/h5-6,9,18H,2-4,7-8,10-12H2,1H3,(H,19,20). The number of fused-ring (bicyclic) bond motifs is 1. The Morgan fingerprint density at radius 1 is 1.33 bits per heavy atom. The maximum atomic E-state index is 11.4. The van der Waals surface area contributed by atoms with Crippen molar-refractivity contribution in [2.75, 3.05) is 18.5 Å². The summed E-state index contributed by atoms with van der Waals surface area (Å²) < 4.78 is 5.38. The van der Waals surface area contributed by atoms with Crippen molar-refractivity contribution in [1.82, 2.24) is 5.32 Å². The third-order valence-corrected chi connectivity index (χ3v) is 4.92. The SMILES string of the molecule is CCC1(CNCc2ccc3c(c2)NC(=O)CO3)CCCC1. The molecule has 0 saturated heterocycles. The van der Waals surface area contributed by atoms with Crippen molar-refractivity contribution in [2.24, 2.45) is 5.41 Å². The summed E-state index contributed by atoms with van der Waals surface area (Å²) in [5.74, 6) is 0.683. The van der Waals surface area contributed by atoms with E-state index in [2.05, 4.69) is 23.6 Å². The molecule has 1 aromatic carbocycles. The molecule has 1 saturated carbocycles. The lowest BCUT2D eigenvalue weighted by molar-refractivity contribution is -0.118. The summed E-state index contributed by atoms with van der Waals surface area (Å²) in [5.41, 5.74) is 2.48. The van der Waals surface area contributed by atoms with Crippen LogP contribution in [-0.4, -0.2) is 19.1 Å². The van der Waals surface area contributed by atoms with Gasteiger partial charge in [0.1, 0.15) is 5.75 Å². The first kappa shape index (κ1) is 14.4. The van der Waals surface area contributed by atoms with Crippen LogP contribution in [-0.2, 0) is 11.3 Å². The van der Waals surface area contributed by atoms with Crippen molar-refractivity contribution >= 4 is 11.6 Å². The first-order valence-corrected chi connectivity index (χ1v) is 7.97. The minimum Gasteiger partial charge on any atom is -0.482 e. The number of nitrogens with one attached hydrogen (secondary N) is 2. The van der Waals surface area contributed by atoms with Gasteiger partial charge in [-0.2, -0.15) is 0 Å². The predicted octanol–water partition coefficient (Wildman–Crippen LogP) is 3.08. The van der Waals surface area contributed by atoms with Crippen molar-refractivity contribution in [1.29, 1.82) is 0 Å². The van der Waals surface area contributed by atoms with Crippen LogP contribution in [0.25, 0.3) is 0 Å². The molecule has 114 valence electrons. The van der Waals surface area contributed by atoms with Gasteiger partial charge >= 0.3 is 0 Å². The van der Waals surface area contributed by atoms with Gasteiger partial charge in [0.05, 0.1) is 5.69 Å². The summed E-state index contributed by atoms with van der Waals surface area (Å²) in [7, 11) is 0. The van der Waals surface area contributed by atoms with Gasteiger partial charge in [0.25, 0.3) is 5.91 Å². The van der Waals surface area contributed by atoms with E-state index in [0.717, 1.165) is 24.5 Å². The maximum Gasteiger partial charge on any atom is 0.262 e. The maximum absolute atomic E-state index is 11.4. The number of hydrogen-bond donors (Lipinski definition) is 2. The summed E-state index contributed by atoms with van der Waals surface area (Å²) in [6.45, 7) is 4.34. The molecule has 1 amide bonds. The van der Waals surface area contributed by atoms with Crippen LogP contribution in [0.3, 0.4) is 0 Å². The average molecular weight is 288 g/mol. The molecule has 3 rings (SSSR count). The molecule has 1 aliphatic heterocycles. The van der Waals surface area contributed by atoms with Crippen molar-refractivity contribution in [3.05, 3.63) is 23.8 Å². The number of carbonyl (C=O) groups is 1. The smallest absolute Gasteiger partial charge is 0.262 e. The molecular weight excluding hydrogens is 264 g/mol. The molecule has 0 spiro atoms. The Bertz CT molecular complexity index is 522. The highest BCUT2D eigenvalue weighted by atomic mass is 16.5. The highest BCUT2D eigenvalue weighted by Crippen LogP contribution is 2.40. The van der Waals surface area contributed by atoms with Crippen LogP contribution in [0, 0.1) is 5.41 Å². The fourth-order valence-electron chi connectivity index (χ4n) is 3.49.